The highest BCUT2D eigenvalue weighted by Gasteiger charge is 2.23. The molecule has 0 N–H and O–H groups in total. The van der Waals surface area contributed by atoms with Gasteiger partial charge in [0.05, 0.1) is 13.7 Å². The normalized spacial score (nSPS) is 18.1. The lowest BCUT2D eigenvalue weighted by molar-refractivity contribution is 0.0712. The van der Waals surface area contributed by atoms with Crippen LogP contribution in [0.1, 0.15) is 52.5 Å². The number of carbonyl (C=O) groups is 1. The van der Waals surface area contributed by atoms with Gasteiger partial charge < -0.3 is 19.3 Å². The summed E-state index contributed by atoms with van der Waals surface area (Å²) in [6, 6.07) is 17.3. The van der Waals surface area contributed by atoms with Crippen LogP contribution in [0, 0.1) is 6.92 Å². The van der Waals surface area contributed by atoms with E-state index in [1.54, 1.807) is 7.05 Å². The summed E-state index contributed by atoms with van der Waals surface area (Å²) < 4.78 is 12.9. The Morgan fingerprint density at radius 2 is 1.86 bits per heavy atom. The first kappa shape index (κ1) is 25.7. The number of ether oxygens (including phenoxy) is 2. The molecule has 192 valence electrons. The minimum atomic E-state index is -0.204. The third-order valence-electron chi connectivity index (χ3n) is 6.77. The Morgan fingerprint density at radius 3 is 2.61 bits per heavy atom. The Hall–Kier alpha value is -3.39. The van der Waals surface area contributed by atoms with E-state index in [-0.39, 0.29) is 11.7 Å². The van der Waals surface area contributed by atoms with Gasteiger partial charge in [-0.15, -0.1) is 5.10 Å². The van der Waals surface area contributed by atoms with Crippen molar-refractivity contribution in [2.75, 3.05) is 40.4 Å². The third-order valence-corrected chi connectivity index (χ3v) is 6.77. The van der Waals surface area contributed by atoms with Crippen LogP contribution >= 0.6 is 0 Å². The van der Waals surface area contributed by atoms with Crippen molar-refractivity contribution in [3.63, 3.8) is 0 Å². The number of nitrogens with zero attached hydrogens (tertiary/aromatic N) is 5. The van der Waals surface area contributed by atoms with E-state index >= 15 is 0 Å². The van der Waals surface area contributed by atoms with Crippen LogP contribution < -0.4 is 9.47 Å². The molecule has 1 unspecified atom stereocenters. The van der Waals surface area contributed by atoms with Crippen molar-refractivity contribution in [3.8, 4) is 11.8 Å². The number of aromatic nitrogens is 3. The molecule has 36 heavy (non-hydrogen) atoms. The number of hydrogen-bond donors (Lipinski definition) is 0. The second-order valence-corrected chi connectivity index (χ2v) is 9.57. The number of benzene rings is 2. The number of fused-ring (bicyclic) bond motifs is 1. The molecule has 2 aromatic carbocycles. The van der Waals surface area contributed by atoms with Crippen molar-refractivity contribution < 1.29 is 14.3 Å². The second kappa shape index (κ2) is 12.0. The summed E-state index contributed by atoms with van der Waals surface area (Å²) in [6.07, 6.45) is 2.93. The summed E-state index contributed by atoms with van der Waals surface area (Å²) >= 11 is 0. The number of hydrogen-bond acceptors (Lipinski definition) is 6. The molecule has 0 saturated carbocycles. The SMILES string of the molecule is COc1nc(C(=O)N2CCCC(c3ccccc3)CCN(C)Cc3cc(C)ccc3OCC2)nn1C. The summed E-state index contributed by atoms with van der Waals surface area (Å²) in [5.74, 6) is 1.24. The fraction of sp³-hybridized carbons (Fsp3) is 0.464. The largest absolute Gasteiger partial charge is 0.491 e. The lowest BCUT2D eigenvalue weighted by Crippen LogP contribution is -2.36. The van der Waals surface area contributed by atoms with E-state index in [2.05, 4.69) is 71.4 Å². The molecule has 8 nitrogen and oxygen atoms in total. The molecular weight excluding hydrogens is 454 g/mol. The molecule has 1 aromatic heterocycles. The molecular formula is C28H37N5O3. The first-order valence-corrected chi connectivity index (χ1v) is 12.6. The maximum Gasteiger partial charge on any atom is 0.314 e. The molecule has 1 amide bonds. The van der Waals surface area contributed by atoms with Crippen LogP contribution in [-0.2, 0) is 13.6 Å². The predicted molar refractivity (Wildman–Crippen MR) is 140 cm³/mol. The number of rotatable bonds is 3. The molecule has 3 aromatic rings. The number of carbonyl (C=O) groups excluding carboxylic acids is 1. The molecule has 0 aliphatic carbocycles. The molecule has 0 fully saturated rings. The van der Waals surface area contributed by atoms with Crippen molar-refractivity contribution in [1.82, 2.24) is 24.6 Å². The first-order chi connectivity index (χ1) is 17.4. The van der Waals surface area contributed by atoms with E-state index in [0.717, 1.165) is 38.1 Å². The zero-order chi connectivity index (χ0) is 25.5. The van der Waals surface area contributed by atoms with Crippen LogP contribution in [0.15, 0.2) is 48.5 Å². The molecule has 2 heterocycles. The van der Waals surface area contributed by atoms with Gasteiger partial charge in [-0.3, -0.25) is 4.79 Å². The van der Waals surface area contributed by atoms with Gasteiger partial charge in [-0.25, -0.2) is 4.68 Å². The van der Waals surface area contributed by atoms with Crippen LogP contribution in [0.2, 0.25) is 0 Å². The fourth-order valence-electron chi connectivity index (χ4n) is 4.81. The van der Waals surface area contributed by atoms with Crippen LogP contribution in [-0.4, -0.2) is 70.9 Å². The Bertz CT molecular complexity index is 1150. The first-order valence-electron chi connectivity index (χ1n) is 12.6. The molecule has 4 rings (SSSR count). The highest BCUT2D eigenvalue weighted by molar-refractivity contribution is 5.90. The molecule has 8 heteroatoms. The average molecular weight is 492 g/mol. The number of methoxy groups -OCH3 is 1. The van der Waals surface area contributed by atoms with Gasteiger partial charge in [0, 0.05) is 25.7 Å². The zero-order valence-electron chi connectivity index (χ0n) is 21.8. The van der Waals surface area contributed by atoms with Crippen molar-refractivity contribution in [1.29, 1.82) is 0 Å². The lowest BCUT2D eigenvalue weighted by Gasteiger charge is -2.27. The lowest BCUT2D eigenvalue weighted by atomic mass is 9.91. The molecule has 1 aliphatic rings. The van der Waals surface area contributed by atoms with Crippen molar-refractivity contribution >= 4 is 5.91 Å². The number of aryl methyl sites for hydroxylation is 2. The Balaban J connectivity index is 1.58. The smallest absolute Gasteiger partial charge is 0.314 e. The number of amides is 1. The summed E-state index contributed by atoms with van der Waals surface area (Å²) in [7, 11) is 5.41. The highest BCUT2D eigenvalue weighted by Crippen LogP contribution is 2.27. The van der Waals surface area contributed by atoms with Gasteiger partial charge in [-0.05, 0) is 57.3 Å². The average Bonchev–Trinajstić information content (AvgIpc) is 3.26. The molecule has 0 bridgehead atoms. The molecule has 0 saturated heterocycles. The Kier molecular flexibility index (Phi) is 8.59. The standard InChI is InChI=1S/C28H37N5O3/c1-21-12-13-25-24(19-21)20-31(2)16-14-23(22-9-6-5-7-10-22)11-8-15-33(17-18-36-25)27(34)26-29-28(35-4)32(3)30-26/h5-7,9-10,12-13,19,23H,8,11,14-18,20H2,1-4H3. The predicted octanol–water partition coefficient (Wildman–Crippen LogP) is 4.05. The second-order valence-electron chi connectivity index (χ2n) is 9.57. The van der Waals surface area contributed by atoms with E-state index in [9.17, 15) is 4.79 Å². The van der Waals surface area contributed by atoms with Crippen LogP contribution in [0.4, 0.5) is 0 Å². The zero-order valence-corrected chi connectivity index (χ0v) is 21.8. The van der Waals surface area contributed by atoms with E-state index in [0.29, 0.717) is 31.6 Å². The van der Waals surface area contributed by atoms with Gasteiger partial charge in [0.15, 0.2) is 0 Å². The van der Waals surface area contributed by atoms with Gasteiger partial charge in [-0.1, -0.05) is 48.0 Å². The van der Waals surface area contributed by atoms with Crippen LogP contribution in [0.3, 0.4) is 0 Å². The van der Waals surface area contributed by atoms with E-state index < -0.39 is 0 Å². The molecule has 1 aliphatic heterocycles. The Morgan fingerprint density at radius 1 is 1.06 bits per heavy atom. The van der Waals surface area contributed by atoms with E-state index in [4.69, 9.17) is 9.47 Å². The highest BCUT2D eigenvalue weighted by atomic mass is 16.5. The van der Waals surface area contributed by atoms with Gasteiger partial charge in [-0.2, -0.15) is 4.98 Å². The van der Waals surface area contributed by atoms with Crippen molar-refractivity contribution in [2.45, 2.75) is 38.6 Å². The minimum Gasteiger partial charge on any atom is -0.491 e. The summed E-state index contributed by atoms with van der Waals surface area (Å²) in [5.41, 5.74) is 3.73. The minimum absolute atomic E-state index is 0.146. The topological polar surface area (TPSA) is 72.7 Å². The van der Waals surface area contributed by atoms with Gasteiger partial charge in [0.1, 0.15) is 12.4 Å². The van der Waals surface area contributed by atoms with Crippen molar-refractivity contribution in [2.24, 2.45) is 7.05 Å². The third kappa shape index (κ3) is 6.43. The van der Waals surface area contributed by atoms with Crippen molar-refractivity contribution in [3.05, 3.63) is 71.0 Å². The quantitative estimate of drug-likeness (QED) is 0.550. The van der Waals surface area contributed by atoms with Crippen LogP contribution in [0.5, 0.6) is 11.8 Å². The monoisotopic (exact) mass is 491 g/mol. The van der Waals surface area contributed by atoms with Gasteiger partial charge in [0.2, 0.25) is 5.82 Å². The van der Waals surface area contributed by atoms with Gasteiger partial charge >= 0.3 is 6.01 Å². The summed E-state index contributed by atoms with van der Waals surface area (Å²) in [4.78, 5) is 21.8. The van der Waals surface area contributed by atoms with Crippen LogP contribution in [0.25, 0.3) is 0 Å². The maximum atomic E-state index is 13.4. The molecule has 0 radical (unpaired) electrons. The Labute approximate surface area is 213 Å². The van der Waals surface area contributed by atoms with E-state index in [1.807, 2.05) is 11.0 Å². The fourth-order valence-corrected chi connectivity index (χ4v) is 4.81. The van der Waals surface area contributed by atoms with E-state index in [1.165, 1.54) is 28.5 Å². The maximum absolute atomic E-state index is 13.4. The van der Waals surface area contributed by atoms with Gasteiger partial charge in [0.25, 0.3) is 5.91 Å². The summed E-state index contributed by atoms with van der Waals surface area (Å²) in [5, 5.41) is 4.27. The molecule has 1 atom stereocenters. The molecule has 0 spiro atoms. The summed E-state index contributed by atoms with van der Waals surface area (Å²) in [6.45, 7) is 5.37.